The maximum atomic E-state index is 15.6. The van der Waals surface area contributed by atoms with Crippen molar-refractivity contribution >= 4 is 65.0 Å². The van der Waals surface area contributed by atoms with Crippen LogP contribution in [0.15, 0.2) is 76.6 Å². The van der Waals surface area contributed by atoms with Crippen LogP contribution in [0.1, 0.15) is 66.0 Å². The van der Waals surface area contributed by atoms with Crippen LogP contribution in [0.3, 0.4) is 0 Å². The lowest BCUT2D eigenvalue weighted by atomic mass is 10.0. The van der Waals surface area contributed by atoms with Crippen LogP contribution in [0.5, 0.6) is 0 Å². The summed E-state index contributed by atoms with van der Waals surface area (Å²) in [5.74, 6) is -10.2. The summed E-state index contributed by atoms with van der Waals surface area (Å²) in [6, 6.07) is 9.42. The van der Waals surface area contributed by atoms with Gasteiger partial charge in [-0.2, -0.15) is 19.0 Å². The van der Waals surface area contributed by atoms with E-state index >= 15 is 13.6 Å². The second kappa shape index (κ2) is 16.9. The zero-order valence-corrected chi connectivity index (χ0v) is 38.2. The topological polar surface area (TPSA) is 193 Å². The van der Waals surface area contributed by atoms with Crippen LogP contribution in [0, 0.1) is 17.6 Å². The number of carbonyl (C=O) groups excluding carboxylic acids is 1. The third-order valence-electron chi connectivity index (χ3n) is 12.4. The van der Waals surface area contributed by atoms with E-state index in [1.54, 1.807) is 0 Å². The number of sulfone groups is 1. The van der Waals surface area contributed by atoms with Gasteiger partial charge in [-0.25, -0.2) is 48.2 Å². The molecule has 15 nitrogen and oxygen atoms in total. The third-order valence-corrected chi connectivity index (χ3v) is 15.7. The smallest absolute Gasteiger partial charge is 0.293 e. The van der Waals surface area contributed by atoms with Crippen LogP contribution < -0.4 is 15.6 Å². The largest absolute Gasteiger partial charge is 0.344 e. The molecule has 4 aromatic heterocycles. The molecule has 2 fully saturated rings. The number of nitrogens with zero attached hydrogens (tertiary/aromatic N) is 7. The predicted octanol–water partition coefficient (Wildman–Crippen LogP) is 7.74. The van der Waals surface area contributed by atoms with Gasteiger partial charge in [0.05, 0.1) is 54.4 Å². The molecule has 2 N–H and O–H groups in total. The number of carbonyl (C=O) groups is 1. The van der Waals surface area contributed by atoms with Gasteiger partial charge in [0.25, 0.3) is 24.3 Å². The van der Waals surface area contributed by atoms with Crippen molar-refractivity contribution in [2.75, 3.05) is 11.0 Å². The Hall–Kier alpha value is -6.47. The molecule has 0 saturated heterocycles. The highest BCUT2D eigenvalue weighted by molar-refractivity contribution is 7.93. The van der Waals surface area contributed by atoms with E-state index in [1.807, 2.05) is 0 Å². The molecule has 1 amide bonds. The van der Waals surface area contributed by atoms with Crippen molar-refractivity contribution in [2.45, 2.75) is 79.7 Å². The molecule has 0 radical (unpaired) electrons. The van der Waals surface area contributed by atoms with Crippen molar-refractivity contribution in [1.29, 1.82) is 0 Å². The molecule has 70 heavy (non-hydrogen) atoms. The summed E-state index contributed by atoms with van der Waals surface area (Å²) in [6.07, 6.45) is -4.32. The maximum Gasteiger partial charge on any atom is 0.293 e. The fraction of sp³-hybridized carbons (Fsp3) is 0.318. The lowest BCUT2D eigenvalue weighted by molar-refractivity contribution is -0.123. The van der Waals surface area contributed by atoms with E-state index in [4.69, 9.17) is 16.6 Å². The summed E-state index contributed by atoms with van der Waals surface area (Å²) in [6.45, 7) is -2.31. The van der Waals surface area contributed by atoms with Crippen LogP contribution in [-0.2, 0) is 50.1 Å². The zero-order valence-electron chi connectivity index (χ0n) is 35.9. The summed E-state index contributed by atoms with van der Waals surface area (Å²) < 4.78 is 175. The van der Waals surface area contributed by atoms with Crippen LogP contribution >= 0.6 is 11.6 Å². The minimum absolute atomic E-state index is 0.0691. The van der Waals surface area contributed by atoms with Gasteiger partial charge in [-0.1, -0.05) is 17.7 Å². The van der Waals surface area contributed by atoms with Crippen molar-refractivity contribution < 1.29 is 56.8 Å². The molecule has 3 aromatic carbocycles. The van der Waals surface area contributed by atoms with Gasteiger partial charge in [0.2, 0.25) is 15.9 Å². The van der Waals surface area contributed by atoms with Gasteiger partial charge in [0.1, 0.15) is 41.9 Å². The van der Waals surface area contributed by atoms with E-state index in [1.165, 1.54) is 48.7 Å². The molecule has 2 saturated carbocycles. The first-order chi connectivity index (χ1) is 33.0. The number of pyridine rings is 1. The minimum Gasteiger partial charge on any atom is -0.344 e. The first kappa shape index (κ1) is 47.2. The normalized spacial score (nSPS) is 17.9. The molecule has 3 aliphatic carbocycles. The zero-order chi connectivity index (χ0) is 49.9. The van der Waals surface area contributed by atoms with Gasteiger partial charge in [0, 0.05) is 42.0 Å². The molecule has 366 valence electrons. The van der Waals surface area contributed by atoms with Gasteiger partial charge < -0.3 is 5.32 Å². The molecular weight excluding hydrogens is 1000 g/mol. The molecule has 0 aliphatic heterocycles. The number of alkyl halides is 6. The molecule has 7 aromatic rings. The Kier molecular flexibility index (Phi) is 11.4. The second-order valence-electron chi connectivity index (χ2n) is 17.3. The molecule has 10 rings (SSSR count). The van der Waals surface area contributed by atoms with E-state index in [9.17, 15) is 48.0 Å². The molecule has 0 bridgehead atoms. The molecule has 3 aliphatic rings. The first-order valence-corrected chi connectivity index (χ1v) is 25.1. The van der Waals surface area contributed by atoms with Crippen molar-refractivity contribution in [3.63, 3.8) is 0 Å². The highest BCUT2D eigenvalue weighted by atomic mass is 35.5. The standard InChI is InChI=1S/C44H34ClF8N9O6S2/c1-69(65,66)31-3-2-10-54-36(31)20-4-7-24-28(14-20)56-42(62(43(24)64)30-9-8-27(45)35-38(30)60(17-32(48)49)58-41(35)59-70(67,68)23-5-6-23)29(13-19-11-21(46)15-22(47)12-19)55-33(63)18-61-39-34(37(57-61)40(50)51)25-16-26(25)44(39,52)53/h2-4,7-12,14-15,23,25-26,29,32,40H,5-6,13,16-18H2,1H3,(H,55,63)(H,58,59)/t25-,26+,29-/m0/s1. The quantitative estimate of drug-likeness (QED) is 0.0960. The predicted molar refractivity (Wildman–Crippen MR) is 236 cm³/mol. The number of anilines is 1. The number of fused-ring (bicyclic) bond motifs is 5. The summed E-state index contributed by atoms with van der Waals surface area (Å²) in [7, 11) is -8.06. The lowest BCUT2D eigenvalue weighted by Crippen LogP contribution is -2.38. The van der Waals surface area contributed by atoms with E-state index in [2.05, 4.69) is 25.2 Å². The number of amides is 1. The van der Waals surface area contributed by atoms with Gasteiger partial charge in [-0.3, -0.25) is 33.2 Å². The van der Waals surface area contributed by atoms with Crippen molar-refractivity contribution in [3.8, 4) is 16.9 Å². The number of sulfonamides is 1. The average molecular weight is 1040 g/mol. The monoisotopic (exact) mass is 1040 g/mol. The third kappa shape index (κ3) is 8.33. The highest BCUT2D eigenvalue weighted by Gasteiger charge is 2.67. The Morgan fingerprint density at radius 1 is 0.957 bits per heavy atom. The number of halogens is 9. The van der Waals surface area contributed by atoms with E-state index in [-0.39, 0.29) is 66.2 Å². The van der Waals surface area contributed by atoms with Gasteiger partial charge in [-0.05, 0) is 79.3 Å². The summed E-state index contributed by atoms with van der Waals surface area (Å²) in [5.41, 5.74) is -4.27. The second-order valence-corrected chi connectivity index (χ2v) is 21.7. The molecular formula is C44H34ClF8N9O6S2. The number of nitrogens with one attached hydrogen (secondary N) is 2. The summed E-state index contributed by atoms with van der Waals surface area (Å²) in [5, 5.41) is 8.87. The number of aromatic nitrogens is 7. The van der Waals surface area contributed by atoms with Gasteiger partial charge >= 0.3 is 0 Å². The first-order valence-electron chi connectivity index (χ1n) is 21.2. The fourth-order valence-corrected chi connectivity index (χ4v) is 11.6. The molecule has 0 spiro atoms. The van der Waals surface area contributed by atoms with Gasteiger partial charge in [0.15, 0.2) is 15.7 Å². The average Bonchev–Trinajstić information content (AvgIpc) is 4.20. The fourth-order valence-electron chi connectivity index (χ4n) is 9.22. The van der Waals surface area contributed by atoms with Crippen LogP contribution in [0.4, 0.5) is 40.9 Å². The van der Waals surface area contributed by atoms with Crippen molar-refractivity contribution in [2.24, 2.45) is 5.92 Å². The summed E-state index contributed by atoms with van der Waals surface area (Å²) in [4.78, 5) is 38.3. The number of hydrogen-bond donors (Lipinski definition) is 2. The SMILES string of the molecule is CS(=O)(=O)c1cccnc1-c1ccc2c(=O)n(-c3ccc(Cl)c4c(NS(=O)(=O)C5CC5)nn(CC(F)F)c34)c([C@H](Cc3cc(F)cc(F)c3)NC(=O)Cn3nc(C(F)F)c4c3C(F)(F)[C@@H]3C[C@H]43)nc2c1. The molecule has 3 atom stereocenters. The molecule has 0 unspecified atom stereocenters. The summed E-state index contributed by atoms with van der Waals surface area (Å²) >= 11 is 6.67. The number of rotatable bonds is 15. The van der Waals surface area contributed by atoms with E-state index in [0.29, 0.717) is 28.3 Å². The Labute approximate surface area is 395 Å². The van der Waals surface area contributed by atoms with Crippen molar-refractivity contribution in [3.05, 3.63) is 122 Å². The Morgan fingerprint density at radius 3 is 2.36 bits per heavy atom. The highest BCUT2D eigenvalue weighted by Crippen LogP contribution is 2.68. The van der Waals surface area contributed by atoms with Gasteiger partial charge in [-0.15, -0.1) is 0 Å². The van der Waals surface area contributed by atoms with Crippen LogP contribution in [0.2, 0.25) is 5.02 Å². The number of benzene rings is 3. The van der Waals surface area contributed by atoms with Crippen LogP contribution in [-0.4, -0.2) is 74.8 Å². The number of hydrogen-bond acceptors (Lipinski definition) is 10. The molecule has 26 heteroatoms. The minimum atomic E-state index is -4.14. The lowest BCUT2D eigenvalue weighted by Gasteiger charge is -2.24. The van der Waals surface area contributed by atoms with E-state index < -0.39 is 127 Å². The van der Waals surface area contributed by atoms with Crippen LogP contribution in [0.25, 0.3) is 38.8 Å². The Bertz CT molecular complexity index is 3620. The Morgan fingerprint density at radius 2 is 1.69 bits per heavy atom. The van der Waals surface area contributed by atoms with E-state index in [0.717, 1.165) is 23.0 Å². The maximum absolute atomic E-state index is 15.6. The van der Waals surface area contributed by atoms with Crippen molar-refractivity contribution in [1.82, 2.24) is 39.4 Å². The Balaban J connectivity index is 1.21. The molecule has 4 heterocycles.